The molecule has 6 heteroatoms. The van der Waals surface area contributed by atoms with E-state index in [1.165, 1.54) is 0 Å². The van der Waals surface area contributed by atoms with E-state index in [4.69, 9.17) is 9.84 Å². The Bertz CT molecular complexity index is 294. The van der Waals surface area contributed by atoms with Crippen LogP contribution in [0.4, 0.5) is 0 Å². The van der Waals surface area contributed by atoms with E-state index >= 15 is 0 Å². The zero-order chi connectivity index (χ0) is 13.1. The molecule has 0 radical (unpaired) electrons. The van der Waals surface area contributed by atoms with Crippen LogP contribution in [0.1, 0.15) is 32.1 Å². The molecule has 2 aliphatic rings. The lowest BCUT2D eigenvalue weighted by atomic mass is 9.87. The SMILES string of the molecule is O=C(O)C1CCC(OC[C@@H]2C[C@@H](O)CN2P)CC1. The normalized spacial score (nSPS) is 37.9. The summed E-state index contributed by atoms with van der Waals surface area (Å²) >= 11 is 0. The predicted octanol–water partition coefficient (Wildman–Crippen LogP) is 0.872. The summed E-state index contributed by atoms with van der Waals surface area (Å²) in [7, 11) is 2.63. The fraction of sp³-hybridized carbons (Fsp3) is 0.917. The molecular weight excluding hydrogens is 253 g/mol. The van der Waals surface area contributed by atoms with Crippen LogP contribution in [0.2, 0.25) is 0 Å². The third kappa shape index (κ3) is 3.64. The van der Waals surface area contributed by atoms with Crippen molar-refractivity contribution >= 4 is 15.4 Å². The number of hydrogen-bond acceptors (Lipinski definition) is 4. The Balaban J connectivity index is 1.68. The predicted molar refractivity (Wildman–Crippen MR) is 70.2 cm³/mol. The number of aliphatic hydroxyl groups excluding tert-OH is 1. The van der Waals surface area contributed by atoms with Crippen LogP contribution in [0.3, 0.4) is 0 Å². The van der Waals surface area contributed by atoms with Crippen molar-refractivity contribution < 1.29 is 19.7 Å². The minimum atomic E-state index is -0.677. The zero-order valence-corrected chi connectivity index (χ0v) is 11.6. The van der Waals surface area contributed by atoms with Crippen LogP contribution in [-0.2, 0) is 9.53 Å². The molecule has 5 nitrogen and oxygen atoms in total. The molecule has 1 saturated heterocycles. The van der Waals surface area contributed by atoms with Crippen LogP contribution in [0, 0.1) is 5.92 Å². The first-order valence-corrected chi connectivity index (χ1v) is 7.11. The highest BCUT2D eigenvalue weighted by Crippen LogP contribution is 2.28. The number of rotatable bonds is 4. The highest BCUT2D eigenvalue weighted by Gasteiger charge is 2.31. The van der Waals surface area contributed by atoms with E-state index in [1.807, 2.05) is 4.67 Å². The summed E-state index contributed by atoms with van der Waals surface area (Å²) in [5.74, 6) is -0.861. The average molecular weight is 275 g/mol. The van der Waals surface area contributed by atoms with Crippen LogP contribution in [-0.4, -0.2) is 52.3 Å². The van der Waals surface area contributed by atoms with Gasteiger partial charge in [-0.05, 0) is 32.1 Å². The number of β-amino-alcohol motifs (C(OH)–C–C–N with tert-alkyl or cyclic N) is 1. The first kappa shape index (κ1) is 14.2. The lowest BCUT2D eigenvalue weighted by molar-refractivity contribution is -0.143. The van der Waals surface area contributed by atoms with Crippen LogP contribution < -0.4 is 0 Å². The van der Waals surface area contributed by atoms with Crippen molar-refractivity contribution in [3.05, 3.63) is 0 Å². The van der Waals surface area contributed by atoms with Gasteiger partial charge < -0.3 is 14.9 Å². The van der Waals surface area contributed by atoms with Gasteiger partial charge in [0.15, 0.2) is 0 Å². The second kappa shape index (κ2) is 6.29. The third-order valence-electron chi connectivity index (χ3n) is 3.98. The van der Waals surface area contributed by atoms with Crippen molar-refractivity contribution in [2.24, 2.45) is 5.92 Å². The van der Waals surface area contributed by atoms with Crippen LogP contribution in [0.15, 0.2) is 0 Å². The van der Waals surface area contributed by atoms with Crippen molar-refractivity contribution in [1.82, 2.24) is 4.67 Å². The Morgan fingerprint density at radius 3 is 2.50 bits per heavy atom. The van der Waals surface area contributed by atoms with Gasteiger partial charge in [-0.25, -0.2) is 0 Å². The third-order valence-corrected chi connectivity index (χ3v) is 4.61. The number of aliphatic hydroxyl groups is 1. The Hall–Kier alpha value is -0.220. The molecule has 0 aromatic rings. The van der Waals surface area contributed by atoms with Crippen LogP contribution >= 0.6 is 9.39 Å². The number of ether oxygens (including phenoxy) is 1. The van der Waals surface area contributed by atoms with E-state index in [-0.39, 0.29) is 24.2 Å². The molecule has 2 rings (SSSR count). The number of hydrogen-bond donors (Lipinski definition) is 2. The molecule has 1 saturated carbocycles. The van der Waals surface area contributed by atoms with Gasteiger partial charge in [-0.3, -0.25) is 9.46 Å². The van der Waals surface area contributed by atoms with Gasteiger partial charge in [0.25, 0.3) is 0 Å². The summed E-state index contributed by atoms with van der Waals surface area (Å²) in [5, 5.41) is 18.4. The highest BCUT2D eigenvalue weighted by atomic mass is 31.0. The summed E-state index contributed by atoms with van der Waals surface area (Å²) < 4.78 is 7.90. The number of aliphatic carboxylic acids is 1. The average Bonchev–Trinajstić information content (AvgIpc) is 2.66. The van der Waals surface area contributed by atoms with Gasteiger partial charge >= 0.3 is 5.97 Å². The van der Waals surface area contributed by atoms with Crippen LogP contribution in [0.5, 0.6) is 0 Å². The minimum Gasteiger partial charge on any atom is -0.481 e. The Morgan fingerprint density at radius 1 is 1.33 bits per heavy atom. The van der Waals surface area contributed by atoms with Crippen molar-refractivity contribution in [3.63, 3.8) is 0 Å². The van der Waals surface area contributed by atoms with E-state index in [2.05, 4.69) is 9.39 Å². The van der Waals surface area contributed by atoms with Crippen molar-refractivity contribution in [3.8, 4) is 0 Å². The number of carboxylic acids is 1. The monoisotopic (exact) mass is 275 g/mol. The molecular formula is C12H22NO4P. The molecule has 0 amide bonds. The summed E-state index contributed by atoms with van der Waals surface area (Å²) in [6, 6.07) is 0.266. The highest BCUT2D eigenvalue weighted by molar-refractivity contribution is 7.13. The molecule has 18 heavy (non-hydrogen) atoms. The van der Waals surface area contributed by atoms with Gasteiger partial charge in [0, 0.05) is 12.6 Å². The summed E-state index contributed by atoms with van der Waals surface area (Å²) in [5.41, 5.74) is 0. The zero-order valence-electron chi connectivity index (χ0n) is 10.5. The van der Waals surface area contributed by atoms with E-state index in [0.717, 1.165) is 32.1 Å². The smallest absolute Gasteiger partial charge is 0.306 e. The summed E-state index contributed by atoms with van der Waals surface area (Å²) in [4.78, 5) is 10.8. The van der Waals surface area contributed by atoms with E-state index in [9.17, 15) is 9.90 Å². The van der Waals surface area contributed by atoms with Gasteiger partial charge in [-0.1, -0.05) is 9.39 Å². The van der Waals surface area contributed by atoms with Crippen molar-refractivity contribution in [2.45, 2.75) is 50.4 Å². The lowest BCUT2D eigenvalue weighted by Gasteiger charge is -2.28. The first-order valence-electron chi connectivity index (χ1n) is 6.60. The van der Waals surface area contributed by atoms with Crippen LogP contribution in [0.25, 0.3) is 0 Å². The second-order valence-electron chi connectivity index (χ2n) is 5.39. The van der Waals surface area contributed by atoms with Crippen molar-refractivity contribution in [2.75, 3.05) is 13.2 Å². The number of nitrogens with zero attached hydrogens (tertiary/aromatic N) is 1. The van der Waals surface area contributed by atoms with Gasteiger partial charge in [-0.15, -0.1) is 0 Å². The Kier molecular flexibility index (Phi) is 4.96. The molecule has 2 fully saturated rings. The molecule has 3 atom stereocenters. The molecule has 0 aromatic carbocycles. The largest absolute Gasteiger partial charge is 0.481 e. The maximum atomic E-state index is 10.8. The van der Waals surface area contributed by atoms with E-state index < -0.39 is 5.97 Å². The molecule has 1 heterocycles. The molecule has 0 aromatic heterocycles. The fourth-order valence-corrected chi connectivity index (χ4v) is 3.25. The number of carboxylic acid groups (broad SMARTS) is 1. The molecule has 1 aliphatic carbocycles. The standard InChI is InChI=1S/C12H22NO4P/c14-10-5-9(13(18)6-10)7-17-11-3-1-8(2-4-11)12(15)16/h8-11,14H,1-7,18H2,(H,15,16)/t8?,9-,10+,11?/m0/s1. The molecule has 0 bridgehead atoms. The molecule has 2 N–H and O–H groups in total. The minimum absolute atomic E-state index is 0.184. The Labute approximate surface area is 110 Å². The van der Waals surface area contributed by atoms with Gasteiger partial charge in [0.2, 0.25) is 0 Å². The fourth-order valence-electron chi connectivity index (χ4n) is 2.80. The molecule has 0 spiro atoms. The molecule has 1 unspecified atom stereocenters. The topological polar surface area (TPSA) is 70.0 Å². The maximum Gasteiger partial charge on any atom is 0.306 e. The van der Waals surface area contributed by atoms with E-state index in [0.29, 0.717) is 13.2 Å². The quantitative estimate of drug-likeness (QED) is 0.745. The lowest BCUT2D eigenvalue weighted by Crippen LogP contribution is -2.31. The first-order chi connectivity index (χ1) is 8.56. The van der Waals surface area contributed by atoms with Gasteiger partial charge in [0.1, 0.15) is 0 Å². The molecule has 104 valence electrons. The maximum absolute atomic E-state index is 10.8. The van der Waals surface area contributed by atoms with Gasteiger partial charge in [0.05, 0.1) is 24.7 Å². The van der Waals surface area contributed by atoms with E-state index in [1.54, 1.807) is 0 Å². The molecule has 1 aliphatic heterocycles. The summed E-state index contributed by atoms with van der Waals surface area (Å²) in [6.45, 7) is 1.31. The Morgan fingerprint density at radius 2 is 2.00 bits per heavy atom. The summed E-state index contributed by atoms with van der Waals surface area (Å²) in [6.07, 6.45) is 3.81. The van der Waals surface area contributed by atoms with Gasteiger partial charge in [-0.2, -0.15) is 0 Å². The number of carbonyl (C=O) groups is 1. The van der Waals surface area contributed by atoms with Crippen molar-refractivity contribution in [1.29, 1.82) is 0 Å². The second-order valence-corrected chi connectivity index (χ2v) is 6.05.